The summed E-state index contributed by atoms with van der Waals surface area (Å²) >= 11 is 1.52. The molecule has 0 atom stereocenters. The van der Waals surface area contributed by atoms with Crippen LogP contribution in [-0.4, -0.2) is 12.5 Å². The van der Waals surface area contributed by atoms with E-state index in [1.165, 1.54) is 11.3 Å². The molecule has 1 aromatic heterocycles. The van der Waals surface area contributed by atoms with Crippen molar-refractivity contribution < 1.29 is 4.79 Å². The van der Waals surface area contributed by atoms with Crippen LogP contribution in [0.4, 0.5) is 11.4 Å². The van der Waals surface area contributed by atoms with Gasteiger partial charge in [-0.1, -0.05) is 6.07 Å². The van der Waals surface area contributed by atoms with Crippen molar-refractivity contribution in [2.75, 3.05) is 17.2 Å². The van der Waals surface area contributed by atoms with Crippen molar-refractivity contribution in [2.24, 2.45) is 0 Å². The number of rotatable bonds is 3. The number of hydrogen-bond acceptors (Lipinski definition) is 3. The normalized spacial score (nSPS) is 10.3. The quantitative estimate of drug-likeness (QED) is 0.861. The molecule has 0 saturated heterocycles. The molecule has 0 spiro atoms. The number of nitrogens with two attached hydrogens (primary N) is 1. The molecule has 0 aliphatic rings. The molecule has 0 unspecified atom stereocenters. The summed E-state index contributed by atoms with van der Waals surface area (Å²) in [6, 6.07) is 11.2. The van der Waals surface area contributed by atoms with Crippen molar-refractivity contribution in [1.29, 1.82) is 0 Å². The van der Waals surface area contributed by atoms with E-state index in [4.69, 9.17) is 5.73 Å². The highest BCUT2D eigenvalue weighted by atomic mass is 32.1. The lowest BCUT2D eigenvalue weighted by Crippen LogP contribution is -2.29. The first-order valence-electron chi connectivity index (χ1n) is 5.85. The molecule has 0 bridgehead atoms. The third kappa shape index (κ3) is 2.54. The van der Waals surface area contributed by atoms with E-state index in [9.17, 15) is 4.79 Å². The fourth-order valence-corrected chi connectivity index (χ4v) is 2.64. The lowest BCUT2D eigenvalue weighted by atomic mass is 10.2. The average molecular weight is 260 g/mol. The summed E-state index contributed by atoms with van der Waals surface area (Å²) in [7, 11) is 0. The van der Waals surface area contributed by atoms with Crippen molar-refractivity contribution in [3.8, 4) is 0 Å². The third-order valence-electron chi connectivity index (χ3n) is 2.69. The smallest absolute Gasteiger partial charge is 0.268 e. The standard InChI is InChI=1S/C14H16N2OS/c1-3-16(12-6-4-5-11(15)9-12)14(17)13-8-7-10(2)18-13/h4-9H,3,15H2,1-2H3. The van der Waals surface area contributed by atoms with E-state index in [0.717, 1.165) is 15.4 Å². The highest BCUT2D eigenvalue weighted by Gasteiger charge is 2.17. The van der Waals surface area contributed by atoms with Gasteiger partial charge in [-0.2, -0.15) is 0 Å². The van der Waals surface area contributed by atoms with Gasteiger partial charge in [0.05, 0.1) is 4.88 Å². The van der Waals surface area contributed by atoms with Gasteiger partial charge in [0.25, 0.3) is 5.91 Å². The van der Waals surface area contributed by atoms with Crippen LogP contribution in [0, 0.1) is 6.92 Å². The molecule has 0 saturated carbocycles. The first-order valence-corrected chi connectivity index (χ1v) is 6.67. The summed E-state index contributed by atoms with van der Waals surface area (Å²) in [6.45, 7) is 4.58. The molecule has 3 nitrogen and oxygen atoms in total. The number of hydrogen-bond donors (Lipinski definition) is 1. The van der Waals surface area contributed by atoms with Gasteiger partial charge in [0, 0.05) is 22.8 Å². The van der Waals surface area contributed by atoms with Crippen LogP contribution in [0.3, 0.4) is 0 Å². The zero-order valence-electron chi connectivity index (χ0n) is 10.5. The summed E-state index contributed by atoms with van der Waals surface area (Å²) in [5, 5.41) is 0. The fourth-order valence-electron chi connectivity index (χ4n) is 1.82. The minimum atomic E-state index is 0.0289. The fraction of sp³-hybridized carbons (Fsp3) is 0.214. The number of carbonyl (C=O) groups is 1. The van der Waals surface area contributed by atoms with Gasteiger partial charge in [0.1, 0.15) is 0 Å². The summed E-state index contributed by atoms with van der Waals surface area (Å²) in [5.74, 6) is 0.0289. The van der Waals surface area contributed by atoms with Gasteiger partial charge >= 0.3 is 0 Å². The molecular weight excluding hydrogens is 244 g/mol. The van der Waals surface area contributed by atoms with E-state index in [1.54, 1.807) is 4.90 Å². The van der Waals surface area contributed by atoms with Crippen LogP contribution >= 0.6 is 11.3 Å². The highest BCUT2D eigenvalue weighted by molar-refractivity contribution is 7.14. The maximum absolute atomic E-state index is 12.4. The molecule has 1 heterocycles. The molecular formula is C14H16N2OS. The van der Waals surface area contributed by atoms with Gasteiger partial charge in [-0.15, -0.1) is 11.3 Å². The number of carbonyl (C=O) groups excluding carboxylic acids is 1. The molecule has 0 aliphatic heterocycles. The monoisotopic (exact) mass is 260 g/mol. The Hall–Kier alpha value is -1.81. The largest absolute Gasteiger partial charge is 0.399 e. The Morgan fingerprint density at radius 1 is 1.33 bits per heavy atom. The molecule has 18 heavy (non-hydrogen) atoms. The van der Waals surface area contributed by atoms with Crippen LogP contribution in [0.25, 0.3) is 0 Å². The second-order valence-corrected chi connectivity index (χ2v) is 5.34. The first kappa shape index (κ1) is 12.6. The number of nitrogens with zero attached hydrogens (tertiary/aromatic N) is 1. The van der Waals surface area contributed by atoms with Crippen molar-refractivity contribution in [1.82, 2.24) is 0 Å². The van der Waals surface area contributed by atoms with Crippen LogP contribution < -0.4 is 10.6 Å². The zero-order valence-corrected chi connectivity index (χ0v) is 11.3. The molecule has 4 heteroatoms. The van der Waals surface area contributed by atoms with Crippen LogP contribution in [0.5, 0.6) is 0 Å². The summed E-state index contributed by atoms with van der Waals surface area (Å²) in [6.07, 6.45) is 0. The second kappa shape index (κ2) is 5.23. The number of nitrogen functional groups attached to an aromatic ring is 1. The lowest BCUT2D eigenvalue weighted by Gasteiger charge is -2.20. The van der Waals surface area contributed by atoms with Gasteiger partial charge < -0.3 is 10.6 Å². The Bertz CT molecular complexity index is 562. The highest BCUT2D eigenvalue weighted by Crippen LogP contribution is 2.23. The third-order valence-corrected chi connectivity index (χ3v) is 3.68. The van der Waals surface area contributed by atoms with E-state index in [0.29, 0.717) is 12.2 Å². The Balaban J connectivity index is 2.31. The molecule has 94 valence electrons. The van der Waals surface area contributed by atoms with Gasteiger partial charge in [-0.05, 0) is 44.2 Å². The van der Waals surface area contributed by atoms with Gasteiger partial charge in [-0.25, -0.2) is 0 Å². The Labute approximate surface area is 111 Å². The maximum Gasteiger partial charge on any atom is 0.268 e. The van der Waals surface area contributed by atoms with E-state index >= 15 is 0 Å². The predicted octanol–water partition coefficient (Wildman–Crippen LogP) is 3.31. The number of anilines is 2. The number of aryl methyl sites for hydroxylation is 1. The van der Waals surface area contributed by atoms with Crippen molar-refractivity contribution in [3.63, 3.8) is 0 Å². The Morgan fingerprint density at radius 2 is 2.11 bits per heavy atom. The first-order chi connectivity index (χ1) is 8.61. The van der Waals surface area contributed by atoms with Crippen LogP contribution in [-0.2, 0) is 0 Å². The molecule has 1 amide bonds. The Morgan fingerprint density at radius 3 is 2.67 bits per heavy atom. The van der Waals surface area contributed by atoms with Crippen molar-refractivity contribution in [2.45, 2.75) is 13.8 Å². The number of benzene rings is 1. The summed E-state index contributed by atoms with van der Waals surface area (Å²) in [4.78, 5) is 16.0. The van der Waals surface area contributed by atoms with E-state index in [2.05, 4.69) is 0 Å². The molecule has 0 aliphatic carbocycles. The molecule has 2 N–H and O–H groups in total. The van der Waals surface area contributed by atoms with E-state index in [-0.39, 0.29) is 5.91 Å². The Kier molecular flexibility index (Phi) is 3.67. The number of thiophene rings is 1. The van der Waals surface area contributed by atoms with E-state index < -0.39 is 0 Å². The number of amides is 1. The van der Waals surface area contributed by atoms with Gasteiger partial charge in [-0.3, -0.25) is 4.79 Å². The molecule has 0 fully saturated rings. The van der Waals surface area contributed by atoms with Crippen LogP contribution in [0.15, 0.2) is 36.4 Å². The van der Waals surface area contributed by atoms with Gasteiger partial charge in [0.2, 0.25) is 0 Å². The van der Waals surface area contributed by atoms with Crippen LogP contribution in [0.1, 0.15) is 21.5 Å². The van der Waals surface area contributed by atoms with Gasteiger partial charge in [0.15, 0.2) is 0 Å². The van der Waals surface area contributed by atoms with E-state index in [1.807, 2.05) is 50.2 Å². The predicted molar refractivity (Wildman–Crippen MR) is 77.3 cm³/mol. The minimum Gasteiger partial charge on any atom is -0.399 e. The van der Waals surface area contributed by atoms with Crippen LogP contribution in [0.2, 0.25) is 0 Å². The SMILES string of the molecule is CCN(C(=O)c1ccc(C)s1)c1cccc(N)c1. The topological polar surface area (TPSA) is 46.3 Å². The molecule has 0 radical (unpaired) electrons. The molecule has 1 aromatic carbocycles. The molecule has 2 aromatic rings. The van der Waals surface area contributed by atoms with Crippen molar-refractivity contribution in [3.05, 3.63) is 46.2 Å². The summed E-state index contributed by atoms with van der Waals surface area (Å²) in [5.41, 5.74) is 7.27. The summed E-state index contributed by atoms with van der Waals surface area (Å²) < 4.78 is 0. The zero-order chi connectivity index (χ0) is 13.1. The second-order valence-electron chi connectivity index (χ2n) is 4.05. The minimum absolute atomic E-state index is 0.0289. The van der Waals surface area contributed by atoms with Crippen molar-refractivity contribution >= 4 is 28.6 Å². The lowest BCUT2D eigenvalue weighted by molar-refractivity contribution is 0.0992. The average Bonchev–Trinajstić information content (AvgIpc) is 2.77. The molecule has 2 rings (SSSR count). The maximum atomic E-state index is 12.4.